The van der Waals surface area contributed by atoms with Crippen molar-refractivity contribution in [1.29, 1.82) is 0 Å². The van der Waals surface area contributed by atoms with Crippen molar-refractivity contribution >= 4 is 12.0 Å². The molecular weight excluding hydrogens is 390 g/mol. The highest BCUT2D eigenvalue weighted by molar-refractivity contribution is 5.91. The van der Waals surface area contributed by atoms with Crippen molar-refractivity contribution in [1.82, 2.24) is 15.1 Å². The summed E-state index contributed by atoms with van der Waals surface area (Å²) in [6.45, 7) is 7.06. The monoisotopic (exact) mass is 423 g/mol. The van der Waals surface area contributed by atoms with Crippen LogP contribution < -0.4 is 14.8 Å². The van der Waals surface area contributed by atoms with E-state index in [-0.39, 0.29) is 5.91 Å². The zero-order valence-corrected chi connectivity index (χ0v) is 18.5. The molecule has 0 bridgehead atoms. The summed E-state index contributed by atoms with van der Waals surface area (Å²) in [7, 11) is 3.22. The average molecular weight is 424 g/mol. The van der Waals surface area contributed by atoms with Crippen LogP contribution in [0.25, 0.3) is 6.08 Å². The summed E-state index contributed by atoms with van der Waals surface area (Å²) in [4.78, 5) is 17.1. The van der Waals surface area contributed by atoms with Gasteiger partial charge in [0.1, 0.15) is 11.5 Å². The molecule has 2 aromatic rings. The highest BCUT2D eigenvalue weighted by atomic mass is 16.5. The van der Waals surface area contributed by atoms with Crippen LogP contribution in [0.5, 0.6) is 11.5 Å². The molecule has 1 amide bonds. The maximum atomic E-state index is 12.1. The predicted molar refractivity (Wildman–Crippen MR) is 124 cm³/mol. The third-order valence-corrected chi connectivity index (χ3v) is 5.47. The average Bonchev–Trinajstić information content (AvgIpc) is 2.82. The number of benzene rings is 2. The second kappa shape index (κ2) is 12.1. The lowest BCUT2D eigenvalue weighted by molar-refractivity contribution is -0.116. The number of hydrogen-bond acceptors (Lipinski definition) is 5. The molecular formula is C25H33N3O3. The van der Waals surface area contributed by atoms with Crippen LogP contribution in [0.1, 0.15) is 17.5 Å². The topological polar surface area (TPSA) is 54.0 Å². The SMILES string of the molecule is COc1cc(/C=C/C(=O)NCCCN2CCN(Cc3ccccc3)CC2)cc(OC)c1. The smallest absolute Gasteiger partial charge is 0.243 e. The molecule has 1 heterocycles. The first kappa shape index (κ1) is 22.8. The second-order valence-electron chi connectivity index (χ2n) is 7.73. The van der Waals surface area contributed by atoms with E-state index in [0.29, 0.717) is 18.0 Å². The summed E-state index contributed by atoms with van der Waals surface area (Å²) >= 11 is 0. The van der Waals surface area contributed by atoms with Crippen LogP contribution in [0.2, 0.25) is 0 Å². The molecule has 31 heavy (non-hydrogen) atoms. The number of methoxy groups -OCH3 is 2. The Bertz CT molecular complexity index is 824. The van der Waals surface area contributed by atoms with Gasteiger partial charge in [0.05, 0.1) is 14.2 Å². The number of piperazine rings is 1. The standard InChI is InChI=1S/C25H33N3O3/c1-30-23-17-22(18-24(19-23)31-2)9-10-25(29)26-11-6-12-27-13-15-28(16-14-27)20-21-7-4-3-5-8-21/h3-5,7-10,17-19H,6,11-16,20H2,1-2H3,(H,26,29)/b10-9+. The molecule has 1 aliphatic heterocycles. The van der Waals surface area contributed by atoms with Crippen LogP contribution in [0, 0.1) is 0 Å². The Morgan fingerprint density at radius 1 is 0.968 bits per heavy atom. The summed E-state index contributed by atoms with van der Waals surface area (Å²) in [6.07, 6.45) is 4.27. The fourth-order valence-corrected chi connectivity index (χ4v) is 3.68. The van der Waals surface area contributed by atoms with Crippen molar-refractivity contribution in [2.45, 2.75) is 13.0 Å². The summed E-state index contributed by atoms with van der Waals surface area (Å²) in [5.74, 6) is 1.31. The van der Waals surface area contributed by atoms with E-state index >= 15 is 0 Å². The van der Waals surface area contributed by atoms with E-state index in [1.165, 1.54) is 5.56 Å². The van der Waals surface area contributed by atoms with Crippen molar-refractivity contribution in [2.24, 2.45) is 0 Å². The molecule has 0 spiro atoms. The van der Waals surface area contributed by atoms with E-state index < -0.39 is 0 Å². The Morgan fingerprint density at radius 2 is 1.61 bits per heavy atom. The molecule has 2 aromatic carbocycles. The number of carbonyl (C=O) groups excluding carboxylic acids is 1. The Kier molecular flexibility index (Phi) is 8.94. The van der Waals surface area contributed by atoms with Crippen LogP contribution in [-0.2, 0) is 11.3 Å². The maximum absolute atomic E-state index is 12.1. The normalized spacial score (nSPS) is 15.2. The lowest BCUT2D eigenvalue weighted by Gasteiger charge is -2.34. The summed E-state index contributed by atoms with van der Waals surface area (Å²) in [6, 6.07) is 16.2. The van der Waals surface area contributed by atoms with E-state index in [1.807, 2.05) is 12.1 Å². The molecule has 166 valence electrons. The lowest BCUT2D eigenvalue weighted by Crippen LogP contribution is -2.46. The Labute approximate surface area is 185 Å². The summed E-state index contributed by atoms with van der Waals surface area (Å²) in [5.41, 5.74) is 2.24. The fourth-order valence-electron chi connectivity index (χ4n) is 3.68. The molecule has 3 rings (SSSR count). The van der Waals surface area contributed by atoms with Crippen molar-refractivity contribution in [3.05, 3.63) is 65.7 Å². The third kappa shape index (κ3) is 7.74. The quantitative estimate of drug-likeness (QED) is 0.470. The number of nitrogens with one attached hydrogen (secondary N) is 1. The van der Waals surface area contributed by atoms with Crippen molar-refractivity contribution in [2.75, 3.05) is 53.5 Å². The zero-order chi connectivity index (χ0) is 21.9. The molecule has 0 unspecified atom stereocenters. The first-order valence-corrected chi connectivity index (χ1v) is 10.8. The number of hydrogen-bond donors (Lipinski definition) is 1. The largest absolute Gasteiger partial charge is 0.497 e. The van der Waals surface area contributed by atoms with E-state index in [0.717, 1.165) is 51.3 Å². The Balaban J connectivity index is 1.32. The lowest BCUT2D eigenvalue weighted by atomic mass is 10.2. The van der Waals surface area contributed by atoms with Gasteiger partial charge in [0.25, 0.3) is 0 Å². The second-order valence-corrected chi connectivity index (χ2v) is 7.73. The van der Waals surface area contributed by atoms with Gasteiger partial charge < -0.3 is 19.7 Å². The van der Waals surface area contributed by atoms with Gasteiger partial charge in [0, 0.05) is 51.4 Å². The highest BCUT2D eigenvalue weighted by Crippen LogP contribution is 2.23. The molecule has 1 aliphatic rings. The Hall–Kier alpha value is -2.83. The molecule has 0 aliphatic carbocycles. The minimum absolute atomic E-state index is 0.0885. The zero-order valence-electron chi connectivity index (χ0n) is 18.5. The van der Waals surface area contributed by atoms with Gasteiger partial charge in [-0.25, -0.2) is 0 Å². The van der Waals surface area contributed by atoms with Gasteiger partial charge in [-0.1, -0.05) is 30.3 Å². The number of amides is 1. The van der Waals surface area contributed by atoms with Gasteiger partial charge in [-0.2, -0.15) is 0 Å². The molecule has 0 aromatic heterocycles. The first-order chi connectivity index (χ1) is 15.2. The Morgan fingerprint density at radius 3 is 2.26 bits per heavy atom. The number of nitrogens with zero attached hydrogens (tertiary/aromatic N) is 2. The van der Waals surface area contributed by atoms with Crippen LogP contribution in [0.3, 0.4) is 0 Å². The summed E-state index contributed by atoms with van der Waals surface area (Å²) in [5, 5.41) is 2.97. The third-order valence-electron chi connectivity index (χ3n) is 5.47. The number of carbonyl (C=O) groups is 1. The maximum Gasteiger partial charge on any atom is 0.243 e. The number of ether oxygens (including phenoxy) is 2. The highest BCUT2D eigenvalue weighted by Gasteiger charge is 2.16. The molecule has 1 N–H and O–H groups in total. The van der Waals surface area contributed by atoms with Gasteiger partial charge >= 0.3 is 0 Å². The van der Waals surface area contributed by atoms with Gasteiger partial charge in [-0.3, -0.25) is 9.69 Å². The van der Waals surface area contributed by atoms with Crippen molar-refractivity contribution < 1.29 is 14.3 Å². The van der Waals surface area contributed by atoms with Crippen LogP contribution in [0.15, 0.2) is 54.6 Å². The minimum Gasteiger partial charge on any atom is -0.497 e. The van der Waals surface area contributed by atoms with E-state index in [9.17, 15) is 4.79 Å². The molecule has 6 nitrogen and oxygen atoms in total. The minimum atomic E-state index is -0.0885. The van der Waals surface area contributed by atoms with Crippen molar-refractivity contribution in [3.63, 3.8) is 0 Å². The molecule has 1 saturated heterocycles. The predicted octanol–water partition coefficient (Wildman–Crippen LogP) is 3.04. The van der Waals surface area contributed by atoms with Gasteiger partial charge in [-0.05, 0) is 42.3 Å². The van der Waals surface area contributed by atoms with Crippen LogP contribution in [-0.4, -0.2) is 69.2 Å². The van der Waals surface area contributed by atoms with E-state index in [1.54, 1.807) is 32.4 Å². The summed E-state index contributed by atoms with van der Waals surface area (Å²) < 4.78 is 10.5. The van der Waals surface area contributed by atoms with Gasteiger partial charge in [-0.15, -0.1) is 0 Å². The first-order valence-electron chi connectivity index (χ1n) is 10.8. The molecule has 0 atom stereocenters. The van der Waals surface area contributed by atoms with Crippen LogP contribution >= 0.6 is 0 Å². The van der Waals surface area contributed by atoms with E-state index in [4.69, 9.17) is 9.47 Å². The molecule has 6 heteroatoms. The van der Waals surface area contributed by atoms with Crippen molar-refractivity contribution in [3.8, 4) is 11.5 Å². The molecule has 1 fully saturated rings. The van der Waals surface area contributed by atoms with E-state index in [2.05, 4.69) is 45.4 Å². The molecule has 0 radical (unpaired) electrons. The van der Waals surface area contributed by atoms with Gasteiger partial charge in [0.2, 0.25) is 5.91 Å². The van der Waals surface area contributed by atoms with Crippen LogP contribution in [0.4, 0.5) is 0 Å². The number of rotatable bonds is 10. The van der Waals surface area contributed by atoms with Gasteiger partial charge in [0.15, 0.2) is 0 Å². The fraction of sp³-hybridized carbons (Fsp3) is 0.400. The molecule has 0 saturated carbocycles.